The van der Waals surface area contributed by atoms with Crippen molar-refractivity contribution in [2.24, 2.45) is 0 Å². The molecule has 1 atom stereocenters. The molecule has 1 aliphatic rings. The lowest BCUT2D eigenvalue weighted by atomic mass is 9.92. The van der Waals surface area contributed by atoms with Crippen molar-refractivity contribution in [3.63, 3.8) is 0 Å². The standard InChI is InChI=1S/C19H20F3N3O4/c1-18(2,3)14-10-15(29-24-14)23-17(27)13-8-9-16(26)25(13)11-4-6-12(7-5-11)28-19(20,21)22/h4-7,10,13H,8-9H2,1-3H3,(H,23,27). The van der Waals surface area contributed by atoms with Gasteiger partial charge < -0.3 is 9.26 Å². The maximum absolute atomic E-state index is 12.7. The van der Waals surface area contributed by atoms with Crippen LogP contribution in [-0.4, -0.2) is 29.4 Å². The summed E-state index contributed by atoms with van der Waals surface area (Å²) < 4.78 is 45.9. The summed E-state index contributed by atoms with van der Waals surface area (Å²) in [4.78, 5) is 26.2. The summed E-state index contributed by atoms with van der Waals surface area (Å²) in [5, 5.41) is 6.53. The Balaban J connectivity index is 1.74. The number of nitrogens with zero attached hydrogens (tertiary/aromatic N) is 2. The quantitative estimate of drug-likeness (QED) is 0.822. The smallest absolute Gasteiger partial charge is 0.406 e. The Labute approximate surface area is 164 Å². The lowest BCUT2D eigenvalue weighted by Gasteiger charge is -2.24. The number of aromatic nitrogens is 1. The van der Waals surface area contributed by atoms with E-state index in [4.69, 9.17) is 4.52 Å². The number of halogens is 3. The SMILES string of the molecule is CC(C)(C)c1cc(NC(=O)C2CCC(=O)N2c2ccc(OC(F)(F)F)cc2)on1. The second-order valence-corrected chi connectivity index (χ2v) is 7.68. The molecule has 0 radical (unpaired) electrons. The number of carbonyl (C=O) groups excluding carboxylic acids is 2. The second kappa shape index (κ2) is 7.41. The van der Waals surface area contributed by atoms with Crippen molar-refractivity contribution < 1.29 is 32.0 Å². The highest BCUT2D eigenvalue weighted by atomic mass is 19.4. The van der Waals surface area contributed by atoms with Crippen LogP contribution in [0.1, 0.15) is 39.3 Å². The minimum absolute atomic E-state index is 0.141. The predicted octanol–water partition coefficient (Wildman–Crippen LogP) is 4.00. The number of hydrogen-bond donors (Lipinski definition) is 1. The Bertz CT molecular complexity index is 901. The van der Waals surface area contributed by atoms with Crippen molar-refractivity contribution in [1.82, 2.24) is 5.16 Å². The van der Waals surface area contributed by atoms with Gasteiger partial charge in [-0.05, 0) is 30.7 Å². The zero-order valence-corrected chi connectivity index (χ0v) is 16.0. The molecule has 1 N–H and O–H groups in total. The summed E-state index contributed by atoms with van der Waals surface area (Å²) in [6, 6.07) is 5.58. The van der Waals surface area contributed by atoms with Crippen LogP contribution in [0.4, 0.5) is 24.7 Å². The zero-order chi connectivity index (χ0) is 21.4. The van der Waals surface area contributed by atoms with Crippen molar-refractivity contribution in [3.05, 3.63) is 36.0 Å². The number of nitrogens with one attached hydrogen (secondary N) is 1. The molecule has 2 heterocycles. The Morgan fingerprint density at radius 2 is 1.90 bits per heavy atom. The molecule has 2 aromatic rings. The summed E-state index contributed by atoms with van der Waals surface area (Å²) >= 11 is 0. The maximum Gasteiger partial charge on any atom is 0.573 e. The van der Waals surface area contributed by atoms with Crippen LogP contribution in [0.3, 0.4) is 0 Å². The fourth-order valence-corrected chi connectivity index (χ4v) is 2.96. The average molecular weight is 411 g/mol. The number of anilines is 2. The molecule has 1 aromatic heterocycles. The molecule has 0 saturated carbocycles. The van der Waals surface area contributed by atoms with Gasteiger partial charge in [0.2, 0.25) is 17.7 Å². The van der Waals surface area contributed by atoms with Crippen molar-refractivity contribution in [3.8, 4) is 5.75 Å². The van der Waals surface area contributed by atoms with Gasteiger partial charge in [0, 0.05) is 23.6 Å². The molecular formula is C19H20F3N3O4. The number of amides is 2. The molecule has 29 heavy (non-hydrogen) atoms. The molecule has 7 nitrogen and oxygen atoms in total. The molecule has 10 heteroatoms. The minimum Gasteiger partial charge on any atom is -0.406 e. The molecular weight excluding hydrogens is 391 g/mol. The second-order valence-electron chi connectivity index (χ2n) is 7.68. The first-order valence-corrected chi connectivity index (χ1v) is 8.90. The third-order valence-electron chi connectivity index (χ3n) is 4.39. The van der Waals surface area contributed by atoms with E-state index in [-0.39, 0.29) is 30.0 Å². The Hall–Kier alpha value is -3.04. The zero-order valence-electron chi connectivity index (χ0n) is 16.0. The van der Waals surface area contributed by atoms with E-state index in [1.807, 2.05) is 20.8 Å². The summed E-state index contributed by atoms with van der Waals surface area (Å²) in [6.45, 7) is 5.83. The summed E-state index contributed by atoms with van der Waals surface area (Å²) in [7, 11) is 0. The van der Waals surface area contributed by atoms with Crippen molar-refractivity contribution >= 4 is 23.4 Å². The molecule has 0 bridgehead atoms. The Morgan fingerprint density at radius 1 is 1.24 bits per heavy atom. The summed E-state index contributed by atoms with van der Waals surface area (Å²) in [5.41, 5.74) is 0.699. The molecule has 1 unspecified atom stereocenters. The van der Waals surface area contributed by atoms with Gasteiger partial charge in [-0.3, -0.25) is 19.8 Å². The number of ether oxygens (including phenoxy) is 1. The van der Waals surface area contributed by atoms with Gasteiger partial charge in [0.05, 0.1) is 5.69 Å². The number of hydrogen-bond acceptors (Lipinski definition) is 5. The monoisotopic (exact) mass is 411 g/mol. The van der Waals surface area contributed by atoms with Gasteiger partial charge in [0.15, 0.2) is 0 Å². The van der Waals surface area contributed by atoms with Gasteiger partial charge in [0.25, 0.3) is 0 Å². The van der Waals surface area contributed by atoms with Gasteiger partial charge in [-0.1, -0.05) is 25.9 Å². The first-order valence-electron chi connectivity index (χ1n) is 8.90. The fourth-order valence-electron chi connectivity index (χ4n) is 2.96. The van der Waals surface area contributed by atoms with Gasteiger partial charge in [-0.25, -0.2) is 0 Å². The van der Waals surface area contributed by atoms with Crippen LogP contribution >= 0.6 is 0 Å². The normalized spacial score (nSPS) is 17.5. The van der Waals surface area contributed by atoms with Crippen LogP contribution in [0, 0.1) is 0 Å². The maximum atomic E-state index is 12.7. The van der Waals surface area contributed by atoms with Gasteiger partial charge in [-0.15, -0.1) is 13.2 Å². The fraction of sp³-hybridized carbons (Fsp3) is 0.421. The van der Waals surface area contributed by atoms with Crippen molar-refractivity contribution in [2.45, 2.75) is 51.4 Å². The molecule has 2 amide bonds. The number of carbonyl (C=O) groups is 2. The molecule has 1 fully saturated rings. The average Bonchev–Trinajstić information content (AvgIpc) is 3.21. The lowest BCUT2D eigenvalue weighted by Crippen LogP contribution is -2.41. The van der Waals surface area contributed by atoms with Crippen LogP contribution in [0.25, 0.3) is 0 Å². The van der Waals surface area contributed by atoms with E-state index in [9.17, 15) is 22.8 Å². The highest BCUT2D eigenvalue weighted by Gasteiger charge is 2.38. The van der Waals surface area contributed by atoms with E-state index in [0.29, 0.717) is 11.4 Å². The first kappa shape index (κ1) is 20.7. The Morgan fingerprint density at radius 3 is 2.45 bits per heavy atom. The number of benzene rings is 1. The Kier molecular flexibility index (Phi) is 5.29. The van der Waals surface area contributed by atoms with E-state index in [1.165, 1.54) is 17.0 Å². The molecule has 1 saturated heterocycles. The van der Waals surface area contributed by atoms with E-state index in [0.717, 1.165) is 12.1 Å². The highest BCUT2D eigenvalue weighted by molar-refractivity contribution is 6.07. The van der Waals surface area contributed by atoms with E-state index < -0.39 is 24.1 Å². The largest absolute Gasteiger partial charge is 0.573 e. The van der Waals surface area contributed by atoms with Gasteiger partial charge in [0.1, 0.15) is 11.8 Å². The van der Waals surface area contributed by atoms with E-state index in [2.05, 4.69) is 15.2 Å². The van der Waals surface area contributed by atoms with E-state index in [1.54, 1.807) is 6.07 Å². The number of alkyl halides is 3. The third kappa shape index (κ3) is 4.87. The van der Waals surface area contributed by atoms with Crippen LogP contribution in [0.15, 0.2) is 34.9 Å². The van der Waals surface area contributed by atoms with Crippen molar-refractivity contribution in [1.29, 1.82) is 0 Å². The number of rotatable bonds is 4. The summed E-state index contributed by atoms with van der Waals surface area (Å²) in [5.74, 6) is -1.02. The molecule has 3 rings (SSSR count). The molecule has 156 valence electrons. The van der Waals surface area contributed by atoms with Gasteiger partial charge in [-0.2, -0.15) is 0 Å². The molecule has 0 spiro atoms. The molecule has 0 aliphatic carbocycles. The molecule has 1 aromatic carbocycles. The van der Waals surface area contributed by atoms with E-state index >= 15 is 0 Å². The van der Waals surface area contributed by atoms with Crippen LogP contribution in [0.2, 0.25) is 0 Å². The molecule has 1 aliphatic heterocycles. The summed E-state index contributed by atoms with van der Waals surface area (Å²) in [6.07, 6.45) is -4.40. The minimum atomic E-state index is -4.81. The first-order chi connectivity index (χ1) is 13.4. The topological polar surface area (TPSA) is 84.7 Å². The predicted molar refractivity (Wildman–Crippen MR) is 97.5 cm³/mol. The van der Waals surface area contributed by atoms with Gasteiger partial charge >= 0.3 is 6.36 Å². The van der Waals surface area contributed by atoms with Crippen LogP contribution in [0.5, 0.6) is 5.75 Å². The third-order valence-corrected chi connectivity index (χ3v) is 4.39. The highest BCUT2D eigenvalue weighted by Crippen LogP contribution is 2.31. The lowest BCUT2D eigenvalue weighted by molar-refractivity contribution is -0.274. The van der Waals surface area contributed by atoms with Crippen LogP contribution < -0.4 is 15.0 Å². The van der Waals surface area contributed by atoms with Crippen LogP contribution in [-0.2, 0) is 15.0 Å². The van der Waals surface area contributed by atoms with Crippen molar-refractivity contribution in [2.75, 3.05) is 10.2 Å².